The molecule has 132 valence electrons. The van der Waals surface area contributed by atoms with Gasteiger partial charge < -0.3 is 16.0 Å². The number of hydrogen-bond acceptors (Lipinski definition) is 3. The third-order valence-corrected chi connectivity index (χ3v) is 3.62. The minimum atomic E-state index is -0.0629. The minimum Gasteiger partial charge on any atom is -0.332 e. The first-order valence-corrected chi connectivity index (χ1v) is 8.96. The highest BCUT2D eigenvalue weighted by Gasteiger charge is 2.05. The van der Waals surface area contributed by atoms with Crippen molar-refractivity contribution in [3.63, 3.8) is 0 Å². The molecule has 24 heavy (non-hydrogen) atoms. The molecule has 1 aromatic carbocycles. The first kappa shape index (κ1) is 20.1. The molecule has 0 heterocycles. The number of nitrogens with one attached hydrogen (secondary N) is 3. The van der Waals surface area contributed by atoms with Gasteiger partial charge in [-0.1, -0.05) is 33.1 Å². The van der Waals surface area contributed by atoms with Crippen LogP contribution in [0.1, 0.15) is 58.8 Å². The van der Waals surface area contributed by atoms with Gasteiger partial charge in [0.05, 0.1) is 0 Å². The molecule has 0 aliphatic heterocycles. The number of anilines is 2. The molecule has 2 amide bonds. The lowest BCUT2D eigenvalue weighted by atomic mass is 10.1. The zero-order chi connectivity index (χ0) is 17.8. The molecule has 0 spiro atoms. The van der Waals surface area contributed by atoms with Crippen LogP contribution in [0.2, 0.25) is 0 Å². The molecule has 0 saturated carbocycles. The van der Waals surface area contributed by atoms with E-state index in [1.54, 1.807) is 24.3 Å². The number of rotatable bonds is 9. The molecule has 0 radical (unpaired) electrons. The number of carbonyl (C=O) groups excluding carboxylic acids is 2. The van der Waals surface area contributed by atoms with Crippen LogP contribution in [0.4, 0.5) is 11.4 Å². The van der Waals surface area contributed by atoms with Crippen LogP contribution in [0.5, 0.6) is 0 Å². The summed E-state index contributed by atoms with van der Waals surface area (Å²) in [5.74, 6) is -0.0591. The second-order valence-corrected chi connectivity index (χ2v) is 6.10. The van der Waals surface area contributed by atoms with Gasteiger partial charge in [0.25, 0.3) is 0 Å². The van der Waals surface area contributed by atoms with Crippen molar-refractivity contribution in [1.29, 1.82) is 0 Å². The van der Waals surface area contributed by atoms with Crippen LogP contribution in [0.3, 0.4) is 0 Å². The van der Waals surface area contributed by atoms with Crippen LogP contribution in [0.25, 0.3) is 0 Å². The van der Waals surface area contributed by atoms with Gasteiger partial charge in [-0.15, -0.1) is 0 Å². The van der Waals surface area contributed by atoms with Gasteiger partial charge in [-0.25, -0.2) is 0 Å². The number of unbranched alkanes of at least 4 members (excludes halogenated alkanes) is 3. The number of hydrogen-bond donors (Lipinski definition) is 3. The summed E-state index contributed by atoms with van der Waals surface area (Å²) < 4.78 is 0. The Hall–Kier alpha value is -1.95. The van der Waals surface area contributed by atoms with E-state index < -0.39 is 0 Å². The van der Waals surface area contributed by atoms with Crippen LogP contribution in [-0.4, -0.2) is 16.9 Å². The lowest BCUT2D eigenvalue weighted by Gasteiger charge is -2.10. The van der Waals surface area contributed by atoms with Crippen molar-refractivity contribution >= 4 is 40.5 Å². The topological polar surface area (TPSA) is 70.2 Å². The molecule has 6 heteroatoms. The van der Waals surface area contributed by atoms with Crippen molar-refractivity contribution in [3.8, 4) is 0 Å². The van der Waals surface area contributed by atoms with E-state index in [1.165, 1.54) is 0 Å². The fraction of sp³-hybridized carbons (Fsp3) is 0.500. The summed E-state index contributed by atoms with van der Waals surface area (Å²) in [6, 6.07) is 7.21. The van der Waals surface area contributed by atoms with Gasteiger partial charge in [0.1, 0.15) is 0 Å². The standard InChI is InChI=1S/C18H27N3O2S/c1-3-5-6-7-9-17(23)21-18(24)20-15-12-10-14(11-13-15)19-16(22)8-4-2/h10-13H,3-9H2,1-2H3,(H,19,22)(H2,20,21,23,24). The Morgan fingerprint density at radius 3 is 2.04 bits per heavy atom. The molecule has 0 bridgehead atoms. The highest BCUT2D eigenvalue weighted by Crippen LogP contribution is 2.14. The van der Waals surface area contributed by atoms with E-state index in [-0.39, 0.29) is 11.8 Å². The zero-order valence-corrected chi connectivity index (χ0v) is 15.3. The van der Waals surface area contributed by atoms with E-state index in [9.17, 15) is 9.59 Å². The molecule has 0 saturated heterocycles. The van der Waals surface area contributed by atoms with Gasteiger partial charge in [0.15, 0.2) is 5.11 Å². The minimum absolute atomic E-state index is 0.00377. The second-order valence-electron chi connectivity index (χ2n) is 5.69. The van der Waals surface area contributed by atoms with Crippen molar-refractivity contribution < 1.29 is 9.59 Å². The Morgan fingerprint density at radius 1 is 0.833 bits per heavy atom. The molecule has 0 aliphatic rings. The van der Waals surface area contributed by atoms with E-state index in [2.05, 4.69) is 22.9 Å². The van der Waals surface area contributed by atoms with Crippen molar-refractivity contribution in [1.82, 2.24) is 5.32 Å². The van der Waals surface area contributed by atoms with Crippen molar-refractivity contribution in [2.24, 2.45) is 0 Å². The SMILES string of the molecule is CCCCCCC(=O)NC(=S)Nc1ccc(NC(=O)CCC)cc1. The van der Waals surface area contributed by atoms with E-state index in [1.807, 2.05) is 6.92 Å². The van der Waals surface area contributed by atoms with Crippen molar-refractivity contribution in [2.45, 2.75) is 58.8 Å². The average Bonchev–Trinajstić information content (AvgIpc) is 2.53. The van der Waals surface area contributed by atoms with Crippen molar-refractivity contribution in [2.75, 3.05) is 10.6 Å². The maximum Gasteiger partial charge on any atom is 0.226 e. The molecule has 3 N–H and O–H groups in total. The number of benzene rings is 1. The molecule has 0 fully saturated rings. The van der Waals surface area contributed by atoms with Gasteiger partial charge in [-0.3, -0.25) is 9.59 Å². The van der Waals surface area contributed by atoms with Crippen molar-refractivity contribution in [3.05, 3.63) is 24.3 Å². The Morgan fingerprint density at radius 2 is 1.46 bits per heavy atom. The molecule has 5 nitrogen and oxygen atoms in total. The van der Waals surface area contributed by atoms with Gasteiger partial charge in [-0.2, -0.15) is 0 Å². The van der Waals surface area contributed by atoms with Crippen LogP contribution in [-0.2, 0) is 9.59 Å². The number of amides is 2. The smallest absolute Gasteiger partial charge is 0.226 e. The summed E-state index contributed by atoms with van der Waals surface area (Å²) in [4.78, 5) is 23.3. The highest BCUT2D eigenvalue weighted by molar-refractivity contribution is 7.80. The molecule has 0 aromatic heterocycles. The lowest BCUT2D eigenvalue weighted by Crippen LogP contribution is -2.33. The van der Waals surface area contributed by atoms with Gasteiger partial charge in [-0.05, 0) is 49.3 Å². The Balaban J connectivity index is 2.36. The van der Waals surface area contributed by atoms with E-state index >= 15 is 0 Å². The largest absolute Gasteiger partial charge is 0.332 e. The van der Waals surface area contributed by atoms with Gasteiger partial charge in [0.2, 0.25) is 11.8 Å². The van der Waals surface area contributed by atoms with E-state index in [4.69, 9.17) is 12.2 Å². The van der Waals surface area contributed by atoms with Crippen LogP contribution >= 0.6 is 12.2 Å². The Bertz CT molecular complexity index is 544. The molecular formula is C18H27N3O2S. The monoisotopic (exact) mass is 349 g/mol. The fourth-order valence-corrected chi connectivity index (χ4v) is 2.38. The number of thiocarbonyl (C=S) groups is 1. The normalized spacial score (nSPS) is 10.1. The predicted molar refractivity (Wildman–Crippen MR) is 103 cm³/mol. The molecule has 0 aliphatic carbocycles. The molecule has 1 aromatic rings. The third kappa shape index (κ3) is 8.62. The molecule has 0 unspecified atom stereocenters. The van der Waals surface area contributed by atoms with Crippen LogP contribution in [0.15, 0.2) is 24.3 Å². The summed E-state index contributed by atoms with van der Waals surface area (Å²) in [5.41, 5.74) is 1.50. The van der Waals surface area contributed by atoms with Gasteiger partial charge >= 0.3 is 0 Å². The first-order chi connectivity index (χ1) is 11.5. The summed E-state index contributed by atoms with van der Waals surface area (Å²) in [7, 11) is 0. The lowest BCUT2D eigenvalue weighted by molar-refractivity contribution is -0.119. The first-order valence-electron chi connectivity index (χ1n) is 8.56. The fourth-order valence-electron chi connectivity index (χ4n) is 2.15. The van der Waals surface area contributed by atoms with Crippen LogP contribution in [0, 0.1) is 0 Å². The highest BCUT2D eigenvalue weighted by atomic mass is 32.1. The molecular weight excluding hydrogens is 322 g/mol. The summed E-state index contributed by atoms with van der Waals surface area (Å²) in [6.07, 6.45) is 6.06. The van der Waals surface area contributed by atoms with Gasteiger partial charge in [0, 0.05) is 24.2 Å². The number of carbonyl (C=O) groups is 2. The Labute approximate surface area is 149 Å². The summed E-state index contributed by atoms with van der Waals surface area (Å²) >= 11 is 5.14. The average molecular weight is 350 g/mol. The maximum absolute atomic E-state index is 11.8. The van der Waals surface area contributed by atoms with E-state index in [0.29, 0.717) is 18.0 Å². The molecule has 0 atom stereocenters. The quantitative estimate of drug-likeness (QED) is 0.461. The van der Waals surface area contributed by atoms with Crippen LogP contribution < -0.4 is 16.0 Å². The summed E-state index contributed by atoms with van der Waals surface area (Å²) in [6.45, 7) is 4.10. The third-order valence-electron chi connectivity index (χ3n) is 3.41. The zero-order valence-electron chi connectivity index (χ0n) is 14.5. The molecule has 1 rings (SSSR count). The maximum atomic E-state index is 11.8. The predicted octanol–water partition coefficient (Wildman–Crippen LogP) is 4.21. The summed E-state index contributed by atoms with van der Waals surface area (Å²) in [5, 5.41) is 8.76. The van der Waals surface area contributed by atoms with E-state index in [0.717, 1.165) is 43.5 Å². The second kappa shape index (κ2) is 11.6. The Kier molecular flexibility index (Phi) is 9.68.